The van der Waals surface area contributed by atoms with Gasteiger partial charge in [-0.2, -0.15) is 0 Å². The van der Waals surface area contributed by atoms with Crippen LogP contribution in [0.15, 0.2) is 30.3 Å². The van der Waals surface area contributed by atoms with Gasteiger partial charge in [0.25, 0.3) is 0 Å². The number of benzene rings is 1. The van der Waals surface area contributed by atoms with Crippen molar-refractivity contribution in [1.29, 1.82) is 0 Å². The second-order valence-corrected chi connectivity index (χ2v) is 6.09. The van der Waals surface area contributed by atoms with Gasteiger partial charge >= 0.3 is 0 Å². The summed E-state index contributed by atoms with van der Waals surface area (Å²) in [5.41, 5.74) is 0. The van der Waals surface area contributed by atoms with Crippen LogP contribution in [0.3, 0.4) is 0 Å². The Morgan fingerprint density at radius 1 is 1.09 bits per heavy atom. The van der Waals surface area contributed by atoms with Crippen LogP contribution in [-0.4, -0.2) is 55.4 Å². The Morgan fingerprint density at radius 2 is 1.86 bits per heavy atom. The maximum absolute atomic E-state index is 9.88. The molecule has 0 saturated carbocycles. The lowest BCUT2D eigenvalue weighted by Crippen LogP contribution is -2.33. The van der Waals surface area contributed by atoms with Crippen LogP contribution in [0.5, 0.6) is 5.75 Å². The molecule has 0 bridgehead atoms. The molecule has 0 aliphatic carbocycles. The zero-order valence-electron chi connectivity index (χ0n) is 13.5. The molecule has 22 heavy (non-hydrogen) atoms. The van der Waals surface area contributed by atoms with E-state index in [2.05, 4.69) is 10.2 Å². The summed E-state index contributed by atoms with van der Waals surface area (Å²) in [6, 6.07) is 9.63. The number of hydrogen-bond acceptors (Lipinski definition) is 4. The van der Waals surface area contributed by atoms with Crippen LogP contribution in [0.4, 0.5) is 0 Å². The normalized spacial score (nSPS) is 17.3. The van der Waals surface area contributed by atoms with E-state index in [0.29, 0.717) is 13.2 Å². The number of aliphatic hydroxyl groups excluding tert-OH is 1. The molecule has 1 atom stereocenters. The summed E-state index contributed by atoms with van der Waals surface area (Å²) in [4.78, 5) is 2.58. The fourth-order valence-electron chi connectivity index (χ4n) is 2.81. The van der Waals surface area contributed by atoms with Crippen LogP contribution >= 0.6 is 0 Å². The molecule has 1 fully saturated rings. The molecular weight excluding hydrogens is 276 g/mol. The van der Waals surface area contributed by atoms with E-state index in [1.165, 1.54) is 51.7 Å². The van der Waals surface area contributed by atoms with E-state index < -0.39 is 6.10 Å². The average Bonchev–Trinajstić information content (AvgIpc) is 2.58. The molecule has 1 heterocycles. The van der Waals surface area contributed by atoms with Crippen molar-refractivity contribution in [2.75, 3.05) is 39.3 Å². The highest BCUT2D eigenvalue weighted by Gasteiger charge is 2.09. The lowest BCUT2D eigenvalue weighted by Gasteiger charge is -2.26. The smallest absolute Gasteiger partial charge is 0.119 e. The van der Waals surface area contributed by atoms with Gasteiger partial charge in [-0.3, -0.25) is 0 Å². The number of likely N-dealkylation sites (tertiary alicyclic amines) is 1. The third-order valence-corrected chi connectivity index (χ3v) is 4.09. The van der Waals surface area contributed by atoms with Gasteiger partial charge in [-0.15, -0.1) is 0 Å². The van der Waals surface area contributed by atoms with Gasteiger partial charge in [0.2, 0.25) is 0 Å². The first-order chi connectivity index (χ1) is 10.8. The molecule has 124 valence electrons. The largest absolute Gasteiger partial charge is 0.491 e. The van der Waals surface area contributed by atoms with Crippen molar-refractivity contribution in [3.63, 3.8) is 0 Å². The number of rotatable bonds is 10. The maximum atomic E-state index is 9.88. The van der Waals surface area contributed by atoms with Gasteiger partial charge < -0.3 is 20.1 Å². The average molecular weight is 306 g/mol. The van der Waals surface area contributed by atoms with Gasteiger partial charge in [0.05, 0.1) is 0 Å². The predicted octanol–water partition coefficient (Wildman–Crippen LogP) is 2.28. The summed E-state index contributed by atoms with van der Waals surface area (Å²) in [6.07, 6.45) is 6.09. The summed E-state index contributed by atoms with van der Waals surface area (Å²) in [5.74, 6) is 0.808. The van der Waals surface area contributed by atoms with Gasteiger partial charge in [-0.25, -0.2) is 0 Å². The van der Waals surface area contributed by atoms with E-state index in [0.717, 1.165) is 12.3 Å². The molecule has 0 amide bonds. The molecule has 1 saturated heterocycles. The quantitative estimate of drug-likeness (QED) is 0.651. The van der Waals surface area contributed by atoms with Gasteiger partial charge in [0, 0.05) is 6.54 Å². The first-order valence-electron chi connectivity index (χ1n) is 8.63. The number of ether oxygens (including phenoxy) is 1. The first-order valence-corrected chi connectivity index (χ1v) is 8.63. The minimum Gasteiger partial charge on any atom is -0.491 e. The standard InChI is InChI=1S/C18H30N2O2/c21-17(16-22-18-9-3-1-4-10-18)15-19-11-5-8-14-20-12-6-2-7-13-20/h1,3-4,9-10,17,19,21H,2,5-8,11-16H2. The van der Waals surface area contributed by atoms with Crippen LogP contribution in [0.1, 0.15) is 32.1 Å². The zero-order valence-corrected chi connectivity index (χ0v) is 13.5. The molecule has 2 N–H and O–H groups in total. The topological polar surface area (TPSA) is 44.7 Å². The van der Waals surface area contributed by atoms with Crippen molar-refractivity contribution >= 4 is 0 Å². The summed E-state index contributed by atoms with van der Waals surface area (Å²) in [5, 5.41) is 13.2. The Kier molecular flexibility index (Phi) is 8.31. The first kappa shape index (κ1) is 17.3. The van der Waals surface area contributed by atoms with Crippen LogP contribution in [-0.2, 0) is 0 Å². The van der Waals surface area contributed by atoms with E-state index in [4.69, 9.17) is 4.74 Å². The number of aliphatic hydroxyl groups is 1. The molecule has 0 radical (unpaired) electrons. The monoisotopic (exact) mass is 306 g/mol. The molecule has 1 unspecified atom stereocenters. The SMILES string of the molecule is OC(CNCCCCN1CCCCC1)COc1ccccc1. The molecule has 1 aliphatic rings. The predicted molar refractivity (Wildman–Crippen MR) is 90.3 cm³/mol. The van der Waals surface area contributed by atoms with Crippen molar-refractivity contribution in [3.05, 3.63) is 30.3 Å². The van der Waals surface area contributed by atoms with E-state index >= 15 is 0 Å². The number of nitrogens with zero attached hydrogens (tertiary/aromatic N) is 1. The molecule has 1 aromatic carbocycles. The molecular formula is C18H30N2O2. The van der Waals surface area contributed by atoms with E-state index in [-0.39, 0.29) is 0 Å². The van der Waals surface area contributed by atoms with E-state index in [1.807, 2.05) is 30.3 Å². The maximum Gasteiger partial charge on any atom is 0.119 e. The summed E-state index contributed by atoms with van der Waals surface area (Å²) in [6.45, 7) is 5.69. The Balaban J connectivity index is 1.42. The minimum absolute atomic E-state index is 0.338. The van der Waals surface area contributed by atoms with Crippen LogP contribution in [0.25, 0.3) is 0 Å². The van der Waals surface area contributed by atoms with Crippen molar-refractivity contribution in [1.82, 2.24) is 10.2 Å². The van der Waals surface area contributed by atoms with E-state index in [1.54, 1.807) is 0 Å². The molecule has 2 rings (SSSR count). The third-order valence-electron chi connectivity index (χ3n) is 4.09. The summed E-state index contributed by atoms with van der Waals surface area (Å²) >= 11 is 0. The van der Waals surface area contributed by atoms with Gasteiger partial charge in [0.15, 0.2) is 0 Å². The minimum atomic E-state index is -0.456. The highest BCUT2D eigenvalue weighted by atomic mass is 16.5. The van der Waals surface area contributed by atoms with Crippen molar-refractivity contribution < 1.29 is 9.84 Å². The number of hydrogen-bond donors (Lipinski definition) is 2. The van der Waals surface area contributed by atoms with Crippen LogP contribution in [0, 0.1) is 0 Å². The second-order valence-electron chi connectivity index (χ2n) is 6.09. The molecule has 0 spiro atoms. The molecule has 0 aromatic heterocycles. The molecule has 1 aromatic rings. The van der Waals surface area contributed by atoms with Crippen molar-refractivity contribution in [3.8, 4) is 5.75 Å². The highest BCUT2D eigenvalue weighted by molar-refractivity contribution is 5.20. The molecule has 4 nitrogen and oxygen atoms in total. The lowest BCUT2D eigenvalue weighted by atomic mass is 10.1. The number of piperidine rings is 1. The van der Waals surface area contributed by atoms with Crippen molar-refractivity contribution in [2.24, 2.45) is 0 Å². The fourth-order valence-corrected chi connectivity index (χ4v) is 2.81. The second kappa shape index (κ2) is 10.6. The van der Waals surface area contributed by atoms with Gasteiger partial charge in [-0.1, -0.05) is 24.6 Å². The number of nitrogens with one attached hydrogen (secondary N) is 1. The fraction of sp³-hybridized carbons (Fsp3) is 0.667. The van der Waals surface area contributed by atoms with Gasteiger partial charge in [0.1, 0.15) is 18.5 Å². The summed E-state index contributed by atoms with van der Waals surface area (Å²) < 4.78 is 5.53. The summed E-state index contributed by atoms with van der Waals surface area (Å²) in [7, 11) is 0. The Bertz CT molecular complexity index is 380. The van der Waals surface area contributed by atoms with Crippen LogP contribution < -0.4 is 10.1 Å². The van der Waals surface area contributed by atoms with E-state index in [9.17, 15) is 5.11 Å². The Morgan fingerprint density at radius 3 is 2.64 bits per heavy atom. The highest BCUT2D eigenvalue weighted by Crippen LogP contribution is 2.09. The molecule has 4 heteroatoms. The third kappa shape index (κ3) is 7.25. The van der Waals surface area contributed by atoms with Crippen LogP contribution in [0.2, 0.25) is 0 Å². The molecule has 1 aliphatic heterocycles. The Hall–Kier alpha value is -1.10. The lowest BCUT2D eigenvalue weighted by molar-refractivity contribution is 0.106. The van der Waals surface area contributed by atoms with Crippen molar-refractivity contribution in [2.45, 2.75) is 38.2 Å². The Labute approximate surface area is 134 Å². The van der Waals surface area contributed by atoms with Gasteiger partial charge in [-0.05, 0) is 64.0 Å². The number of unbranched alkanes of at least 4 members (excludes halogenated alkanes) is 1. The number of para-hydroxylation sites is 1. The zero-order chi connectivity index (χ0) is 15.5.